The van der Waals surface area contributed by atoms with Crippen LogP contribution in [0.5, 0.6) is 5.75 Å². The summed E-state index contributed by atoms with van der Waals surface area (Å²) in [7, 11) is 1.64. The summed E-state index contributed by atoms with van der Waals surface area (Å²) in [5.74, 6) is 0.475. The van der Waals surface area contributed by atoms with E-state index >= 15 is 0 Å². The van der Waals surface area contributed by atoms with Gasteiger partial charge in [0.25, 0.3) is 0 Å². The Morgan fingerprint density at radius 3 is 2.21 bits per heavy atom. The van der Waals surface area contributed by atoms with Crippen LogP contribution in [0.1, 0.15) is 45.4 Å². The number of hydrogen-bond acceptors (Lipinski definition) is 5. The van der Waals surface area contributed by atoms with Gasteiger partial charge in [-0.1, -0.05) is 78.9 Å². The van der Waals surface area contributed by atoms with Crippen LogP contribution in [0, 0.1) is 5.92 Å². The topological polar surface area (TPSA) is 67.4 Å². The van der Waals surface area contributed by atoms with Crippen molar-refractivity contribution in [1.82, 2.24) is 0 Å². The van der Waals surface area contributed by atoms with E-state index in [1.54, 1.807) is 7.11 Å². The maximum Gasteiger partial charge on any atom is 0.193 e. The molecular formula is C33H28N2O3. The van der Waals surface area contributed by atoms with E-state index in [4.69, 9.17) is 4.74 Å². The molecule has 5 heteroatoms. The van der Waals surface area contributed by atoms with E-state index in [2.05, 4.69) is 28.8 Å². The molecule has 1 heterocycles. The minimum absolute atomic E-state index is 0.0188. The largest absolute Gasteiger partial charge is 0.497 e. The second-order valence-corrected chi connectivity index (χ2v) is 9.76. The van der Waals surface area contributed by atoms with Crippen LogP contribution in [0.25, 0.3) is 0 Å². The zero-order chi connectivity index (χ0) is 26.1. The van der Waals surface area contributed by atoms with Gasteiger partial charge >= 0.3 is 0 Å². The number of fused-ring (bicyclic) bond motifs is 2. The van der Waals surface area contributed by atoms with Gasteiger partial charge in [0.05, 0.1) is 30.4 Å². The predicted molar refractivity (Wildman–Crippen MR) is 150 cm³/mol. The molecule has 3 atom stereocenters. The van der Waals surface area contributed by atoms with Crippen LogP contribution in [0.4, 0.5) is 11.4 Å². The molecule has 0 bridgehead atoms. The highest BCUT2D eigenvalue weighted by Gasteiger charge is 2.40. The second kappa shape index (κ2) is 10.0. The number of Topliss-reactive ketones (excluding diaryl/α,β-unsaturated/α-hetero) is 1. The summed E-state index contributed by atoms with van der Waals surface area (Å²) < 4.78 is 5.36. The molecule has 1 aliphatic heterocycles. The third-order valence-corrected chi connectivity index (χ3v) is 7.43. The van der Waals surface area contributed by atoms with Crippen molar-refractivity contribution in [3.05, 3.63) is 137 Å². The molecule has 0 amide bonds. The molecule has 2 N–H and O–H groups in total. The molecule has 188 valence electrons. The van der Waals surface area contributed by atoms with Gasteiger partial charge in [-0.3, -0.25) is 9.59 Å². The third kappa shape index (κ3) is 4.48. The van der Waals surface area contributed by atoms with Gasteiger partial charge in [-0.25, -0.2) is 0 Å². The number of allylic oxidation sites excluding steroid dienone is 1. The number of rotatable bonds is 5. The van der Waals surface area contributed by atoms with E-state index in [1.807, 2.05) is 91.0 Å². The molecule has 0 saturated heterocycles. The molecule has 6 rings (SSSR count). The summed E-state index contributed by atoms with van der Waals surface area (Å²) in [5.41, 5.74) is 5.81. The average molecular weight is 501 g/mol. The first-order chi connectivity index (χ1) is 18.6. The van der Waals surface area contributed by atoms with E-state index in [0.29, 0.717) is 17.5 Å². The van der Waals surface area contributed by atoms with Crippen molar-refractivity contribution in [2.45, 2.75) is 18.4 Å². The summed E-state index contributed by atoms with van der Waals surface area (Å²) in [4.78, 5) is 27.0. The number of anilines is 2. The normalized spacial score (nSPS) is 20.1. The highest BCUT2D eigenvalue weighted by Crippen LogP contribution is 2.45. The number of ketones is 2. The summed E-state index contributed by atoms with van der Waals surface area (Å²) in [6, 6.07) is 32.6. The molecule has 0 unspecified atom stereocenters. The van der Waals surface area contributed by atoms with Gasteiger partial charge in [0, 0.05) is 29.2 Å². The van der Waals surface area contributed by atoms with E-state index in [-0.39, 0.29) is 23.5 Å². The lowest BCUT2D eigenvalue weighted by Gasteiger charge is -2.32. The monoisotopic (exact) mass is 500 g/mol. The quantitative estimate of drug-likeness (QED) is 0.296. The fourth-order valence-electron chi connectivity index (χ4n) is 5.46. The standard InChI is InChI=1S/C33H28N2O3/c1-38-26-15-12-22(13-16-26)32-31-29(19-25(20-30(31)36)21-8-4-2-5-9-21)34-28-18-24(14-17-27(28)35-32)33(37)23-10-6-3-7-11-23/h2-19,25,31-32,34-35H,20H2,1H3/t25-,31+,32-/m1/s1. The van der Waals surface area contributed by atoms with Crippen LogP contribution in [-0.4, -0.2) is 18.7 Å². The Bertz CT molecular complexity index is 1510. The highest BCUT2D eigenvalue weighted by molar-refractivity contribution is 6.10. The van der Waals surface area contributed by atoms with Gasteiger partial charge in [-0.15, -0.1) is 0 Å². The number of nitrogens with one attached hydrogen (secondary N) is 2. The smallest absolute Gasteiger partial charge is 0.193 e. The van der Waals surface area contributed by atoms with Crippen molar-refractivity contribution in [3.8, 4) is 5.75 Å². The summed E-state index contributed by atoms with van der Waals surface area (Å²) in [6.07, 6.45) is 2.61. The minimum Gasteiger partial charge on any atom is -0.497 e. The molecule has 0 saturated carbocycles. The maximum absolute atomic E-state index is 13.8. The first kappa shape index (κ1) is 23.7. The van der Waals surface area contributed by atoms with Crippen molar-refractivity contribution >= 4 is 22.9 Å². The fourth-order valence-corrected chi connectivity index (χ4v) is 5.46. The summed E-state index contributed by atoms with van der Waals surface area (Å²) in [6.45, 7) is 0. The van der Waals surface area contributed by atoms with E-state index in [1.165, 1.54) is 0 Å². The summed E-state index contributed by atoms with van der Waals surface area (Å²) >= 11 is 0. The average Bonchev–Trinajstić information content (AvgIpc) is 3.14. The van der Waals surface area contributed by atoms with Crippen molar-refractivity contribution in [1.29, 1.82) is 0 Å². The third-order valence-electron chi connectivity index (χ3n) is 7.43. The second-order valence-electron chi connectivity index (χ2n) is 9.76. The summed E-state index contributed by atoms with van der Waals surface area (Å²) in [5, 5.41) is 7.19. The van der Waals surface area contributed by atoms with Crippen LogP contribution >= 0.6 is 0 Å². The zero-order valence-electron chi connectivity index (χ0n) is 21.1. The first-order valence-corrected chi connectivity index (χ1v) is 12.8. The fraction of sp³-hybridized carbons (Fsp3) is 0.152. The molecule has 38 heavy (non-hydrogen) atoms. The highest BCUT2D eigenvalue weighted by atomic mass is 16.5. The molecule has 5 nitrogen and oxygen atoms in total. The van der Waals surface area contributed by atoms with Crippen molar-refractivity contribution in [2.24, 2.45) is 5.92 Å². The first-order valence-electron chi connectivity index (χ1n) is 12.8. The molecule has 1 aliphatic carbocycles. The lowest BCUT2D eigenvalue weighted by molar-refractivity contribution is -0.122. The Hall–Kier alpha value is -4.64. The van der Waals surface area contributed by atoms with Crippen LogP contribution in [0.2, 0.25) is 0 Å². The van der Waals surface area contributed by atoms with Crippen LogP contribution in [-0.2, 0) is 4.79 Å². The van der Waals surface area contributed by atoms with Crippen molar-refractivity contribution < 1.29 is 14.3 Å². The molecule has 0 fully saturated rings. The molecule has 0 radical (unpaired) electrons. The Morgan fingerprint density at radius 2 is 1.50 bits per heavy atom. The molecule has 4 aromatic carbocycles. The van der Waals surface area contributed by atoms with Gasteiger partial charge in [0.2, 0.25) is 0 Å². The van der Waals surface area contributed by atoms with Crippen LogP contribution in [0.3, 0.4) is 0 Å². The lowest BCUT2D eigenvalue weighted by Crippen LogP contribution is -2.33. The number of methoxy groups -OCH3 is 1. The lowest BCUT2D eigenvalue weighted by atomic mass is 9.76. The number of benzene rings is 4. The SMILES string of the molecule is COc1ccc([C@H]2Nc3ccc(C(=O)c4ccccc4)cc3NC3=C[C@@H](c4ccccc4)CC(=O)[C@H]32)cc1. The van der Waals surface area contributed by atoms with Crippen molar-refractivity contribution in [2.75, 3.05) is 17.7 Å². The number of ether oxygens (including phenoxy) is 1. The van der Waals surface area contributed by atoms with Crippen LogP contribution < -0.4 is 15.4 Å². The minimum atomic E-state index is -0.399. The Balaban J connectivity index is 1.44. The molecular weight excluding hydrogens is 472 g/mol. The number of hydrogen-bond donors (Lipinski definition) is 2. The van der Waals surface area contributed by atoms with Gasteiger partial charge in [-0.05, 0) is 41.5 Å². The van der Waals surface area contributed by atoms with E-state index < -0.39 is 5.92 Å². The van der Waals surface area contributed by atoms with Gasteiger partial charge in [0.1, 0.15) is 11.5 Å². The van der Waals surface area contributed by atoms with Gasteiger partial charge < -0.3 is 15.4 Å². The van der Waals surface area contributed by atoms with E-state index in [0.717, 1.165) is 33.9 Å². The predicted octanol–water partition coefficient (Wildman–Crippen LogP) is 6.76. The molecule has 0 spiro atoms. The number of carbonyl (C=O) groups is 2. The molecule has 0 aromatic heterocycles. The maximum atomic E-state index is 13.8. The Morgan fingerprint density at radius 1 is 0.789 bits per heavy atom. The zero-order valence-corrected chi connectivity index (χ0v) is 21.1. The van der Waals surface area contributed by atoms with Crippen molar-refractivity contribution in [3.63, 3.8) is 0 Å². The number of carbonyl (C=O) groups excluding carboxylic acids is 2. The van der Waals surface area contributed by atoms with Gasteiger partial charge in [-0.2, -0.15) is 0 Å². The Kier molecular flexibility index (Phi) is 6.26. The van der Waals surface area contributed by atoms with Crippen LogP contribution in [0.15, 0.2) is 115 Å². The Labute approximate surface area is 222 Å². The molecule has 4 aromatic rings. The van der Waals surface area contributed by atoms with Gasteiger partial charge in [0.15, 0.2) is 5.78 Å². The van der Waals surface area contributed by atoms with E-state index in [9.17, 15) is 9.59 Å². The molecule has 2 aliphatic rings.